The molecule has 2 rings (SSSR count). The highest BCUT2D eigenvalue weighted by molar-refractivity contribution is 5.60. The monoisotopic (exact) mass is 200 g/mol. The van der Waals surface area contributed by atoms with E-state index in [-0.39, 0.29) is 0 Å². The lowest BCUT2D eigenvalue weighted by Gasteiger charge is -1.96. The van der Waals surface area contributed by atoms with Crippen molar-refractivity contribution in [3.05, 3.63) is 43.2 Å². The molecule has 76 valence electrons. The molecule has 0 aliphatic heterocycles. The Morgan fingerprint density at radius 1 is 1.47 bits per heavy atom. The van der Waals surface area contributed by atoms with Gasteiger partial charge in [-0.3, -0.25) is 0 Å². The summed E-state index contributed by atoms with van der Waals surface area (Å²) >= 11 is 0. The molecule has 0 atom stereocenters. The highest BCUT2D eigenvalue weighted by Crippen LogP contribution is 2.16. The Morgan fingerprint density at radius 2 is 2.33 bits per heavy atom. The van der Waals surface area contributed by atoms with E-state index < -0.39 is 0 Å². The van der Waals surface area contributed by atoms with Crippen LogP contribution in [-0.4, -0.2) is 14.8 Å². The Hall–Kier alpha value is -2.10. The van der Waals surface area contributed by atoms with Gasteiger partial charge in [0.1, 0.15) is 6.33 Å². The van der Waals surface area contributed by atoms with Crippen LogP contribution >= 0.6 is 0 Å². The number of rotatable bonds is 3. The number of hydrogen-bond acceptors (Lipinski definition) is 3. The minimum atomic E-state index is 0.662. The summed E-state index contributed by atoms with van der Waals surface area (Å²) in [4.78, 5) is 4.19. The van der Waals surface area contributed by atoms with E-state index in [9.17, 15) is 0 Å². The number of hydrogen-bond donors (Lipinski definition) is 1. The molecule has 1 heterocycles. The first-order chi connectivity index (χ1) is 7.29. The molecule has 0 saturated heterocycles. The van der Waals surface area contributed by atoms with Crippen LogP contribution in [0.5, 0.6) is 0 Å². The number of nitrogen functional groups attached to an aromatic ring is 1. The fourth-order valence-electron chi connectivity index (χ4n) is 1.32. The van der Waals surface area contributed by atoms with Crippen molar-refractivity contribution in [2.24, 2.45) is 0 Å². The summed E-state index contributed by atoms with van der Waals surface area (Å²) in [6.07, 6.45) is 3.46. The predicted molar refractivity (Wildman–Crippen MR) is 60.1 cm³/mol. The van der Waals surface area contributed by atoms with E-state index in [2.05, 4.69) is 16.7 Å². The average Bonchev–Trinajstić information content (AvgIpc) is 2.67. The van der Waals surface area contributed by atoms with Gasteiger partial charge >= 0.3 is 0 Å². The molecule has 0 amide bonds. The highest BCUT2D eigenvalue weighted by Gasteiger charge is 2.03. The molecule has 4 heteroatoms. The van der Waals surface area contributed by atoms with Crippen LogP contribution < -0.4 is 5.73 Å². The van der Waals surface area contributed by atoms with Crippen LogP contribution in [0.1, 0.15) is 0 Å². The van der Waals surface area contributed by atoms with Crippen LogP contribution in [0.3, 0.4) is 0 Å². The normalized spacial score (nSPS) is 10.1. The zero-order valence-corrected chi connectivity index (χ0v) is 8.30. The summed E-state index contributed by atoms with van der Waals surface area (Å²) in [6, 6.07) is 7.51. The van der Waals surface area contributed by atoms with Crippen LogP contribution in [0.2, 0.25) is 0 Å². The zero-order chi connectivity index (χ0) is 10.7. The predicted octanol–water partition coefficient (Wildman–Crippen LogP) is 1.71. The Bertz CT molecular complexity index is 473. The van der Waals surface area contributed by atoms with Crippen LogP contribution in [-0.2, 0) is 6.54 Å². The molecule has 0 radical (unpaired) electrons. The first-order valence-corrected chi connectivity index (χ1v) is 4.66. The second kappa shape index (κ2) is 3.96. The number of nitrogens with two attached hydrogens (primary N) is 1. The molecular formula is C11H12N4. The maximum atomic E-state index is 5.68. The first-order valence-electron chi connectivity index (χ1n) is 4.66. The van der Waals surface area contributed by atoms with Gasteiger partial charge in [-0.2, -0.15) is 5.10 Å². The van der Waals surface area contributed by atoms with Gasteiger partial charge in [0.15, 0.2) is 5.82 Å². The van der Waals surface area contributed by atoms with Crippen molar-refractivity contribution in [1.82, 2.24) is 14.8 Å². The van der Waals surface area contributed by atoms with Gasteiger partial charge in [-0.15, -0.1) is 6.58 Å². The molecular weight excluding hydrogens is 188 g/mol. The quantitative estimate of drug-likeness (QED) is 0.606. The van der Waals surface area contributed by atoms with Crippen molar-refractivity contribution >= 4 is 5.69 Å². The molecule has 1 aromatic carbocycles. The number of aromatic nitrogens is 3. The van der Waals surface area contributed by atoms with Crippen molar-refractivity contribution in [3.63, 3.8) is 0 Å². The fourth-order valence-corrected chi connectivity index (χ4v) is 1.32. The maximum absolute atomic E-state index is 5.68. The molecule has 0 fully saturated rings. The summed E-state index contributed by atoms with van der Waals surface area (Å²) in [5.74, 6) is 0.684. The van der Waals surface area contributed by atoms with Crippen molar-refractivity contribution in [3.8, 4) is 11.4 Å². The van der Waals surface area contributed by atoms with Crippen LogP contribution in [0.15, 0.2) is 43.2 Å². The minimum Gasteiger partial charge on any atom is -0.399 e. The van der Waals surface area contributed by atoms with E-state index in [1.165, 1.54) is 0 Å². The summed E-state index contributed by atoms with van der Waals surface area (Å²) < 4.78 is 1.73. The van der Waals surface area contributed by atoms with Gasteiger partial charge in [-0.05, 0) is 12.1 Å². The topological polar surface area (TPSA) is 56.7 Å². The van der Waals surface area contributed by atoms with E-state index >= 15 is 0 Å². The lowest BCUT2D eigenvalue weighted by atomic mass is 10.2. The lowest BCUT2D eigenvalue weighted by Crippen LogP contribution is -1.95. The van der Waals surface area contributed by atoms with Crippen molar-refractivity contribution < 1.29 is 0 Å². The standard InChI is InChI=1S/C11H12N4/c1-2-6-15-8-13-11(14-15)9-4-3-5-10(12)7-9/h2-5,7-8H,1,6,12H2. The molecule has 2 N–H and O–H groups in total. The first kappa shape index (κ1) is 9.45. The molecule has 0 bridgehead atoms. The van der Waals surface area contributed by atoms with Gasteiger partial charge in [0.25, 0.3) is 0 Å². The molecule has 0 saturated carbocycles. The number of nitrogens with zero attached hydrogens (tertiary/aromatic N) is 3. The average molecular weight is 200 g/mol. The van der Waals surface area contributed by atoms with Gasteiger partial charge < -0.3 is 5.73 Å². The summed E-state index contributed by atoms with van der Waals surface area (Å²) in [5.41, 5.74) is 7.33. The van der Waals surface area contributed by atoms with Gasteiger partial charge in [0.2, 0.25) is 0 Å². The fraction of sp³-hybridized carbons (Fsp3) is 0.0909. The second-order valence-corrected chi connectivity index (χ2v) is 3.20. The number of allylic oxidation sites excluding steroid dienone is 1. The zero-order valence-electron chi connectivity index (χ0n) is 8.30. The Labute approximate surface area is 88.1 Å². The molecule has 1 aromatic heterocycles. The second-order valence-electron chi connectivity index (χ2n) is 3.20. The highest BCUT2D eigenvalue weighted by atomic mass is 15.3. The van der Waals surface area contributed by atoms with E-state index in [0.29, 0.717) is 18.1 Å². The van der Waals surface area contributed by atoms with E-state index in [1.807, 2.05) is 24.3 Å². The molecule has 0 spiro atoms. The van der Waals surface area contributed by atoms with Gasteiger partial charge in [-0.1, -0.05) is 18.2 Å². The summed E-state index contributed by atoms with van der Waals surface area (Å²) in [5, 5.41) is 4.29. The lowest BCUT2D eigenvalue weighted by molar-refractivity contribution is 0.703. The smallest absolute Gasteiger partial charge is 0.181 e. The van der Waals surface area contributed by atoms with Gasteiger partial charge in [0.05, 0.1) is 6.54 Å². The minimum absolute atomic E-state index is 0.662. The van der Waals surface area contributed by atoms with Gasteiger partial charge in [0, 0.05) is 11.3 Å². The molecule has 0 unspecified atom stereocenters. The van der Waals surface area contributed by atoms with Crippen molar-refractivity contribution in [2.45, 2.75) is 6.54 Å². The van der Waals surface area contributed by atoms with Crippen molar-refractivity contribution in [1.29, 1.82) is 0 Å². The third-order valence-electron chi connectivity index (χ3n) is 2.00. The molecule has 15 heavy (non-hydrogen) atoms. The van der Waals surface area contributed by atoms with E-state index in [4.69, 9.17) is 5.73 Å². The molecule has 0 aliphatic carbocycles. The van der Waals surface area contributed by atoms with Crippen LogP contribution in [0.4, 0.5) is 5.69 Å². The maximum Gasteiger partial charge on any atom is 0.181 e. The molecule has 4 nitrogen and oxygen atoms in total. The summed E-state index contributed by atoms with van der Waals surface area (Å²) in [6.45, 7) is 4.31. The third kappa shape index (κ3) is 2.04. The third-order valence-corrected chi connectivity index (χ3v) is 2.00. The van der Waals surface area contributed by atoms with Crippen LogP contribution in [0, 0.1) is 0 Å². The molecule has 0 aliphatic rings. The Kier molecular flexibility index (Phi) is 2.49. The largest absolute Gasteiger partial charge is 0.399 e. The van der Waals surface area contributed by atoms with E-state index in [0.717, 1.165) is 5.56 Å². The summed E-state index contributed by atoms with van der Waals surface area (Å²) in [7, 11) is 0. The molecule has 2 aromatic rings. The van der Waals surface area contributed by atoms with E-state index in [1.54, 1.807) is 17.1 Å². The Balaban J connectivity index is 2.32. The van der Waals surface area contributed by atoms with Gasteiger partial charge in [-0.25, -0.2) is 9.67 Å². The Morgan fingerprint density at radius 3 is 3.07 bits per heavy atom. The van der Waals surface area contributed by atoms with Crippen molar-refractivity contribution in [2.75, 3.05) is 5.73 Å². The SMILES string of the molecule is C=CCn1cnc(-c2cccc(N)c2)n1. The number of anilines is 1. The number of benzene rings is 1. The van der Waals surface area contributed by atoms with Crippen LogP contribution in [0.25, 0.3) is 11.4 Å².